The average Bonchev–Trinajstić information content (AvgIpc) is 3.44. The van der Waals surface area contributed by atoms with Gasteiger partial charge in [-0.1, -0.05) is 25.1 Å². The highest BCUT2D eigenvalue weighted by atomic mass is 32.2. The monoisotopic (exact) mass is 495 g/mol. The van der Waals surface area contributed by atoms with Gasteiger partial charge in [0, 0.05) is 11.9 Å². The Labute approximate surface area is 204 Å². The van der Waals surface area contributed by atoms with Gasteiger partial charge in [-0.2, -0.15) is 0 Å². The number of aromatic nitrogens is 5. The molecule has 0 fully saturated rings. The molecule has 1 unspecified atom stereocenters. The number of nitrogens with zero attached hydrogens (tertiary/aromatic N) is 4. The third-order valence-electron chi connectivity index (χ3n) is 6.33. The minimum Gasteiger partial charge on any atom is -0.465 e. The van der Waals surface area contributed by atoms with Gasteiger partial charge >= 0.3 is 5.97 Å². The Morgan fingerprint density at radius 1 is 1.32 bits per heavy atom. The molecule has 0 saturated heterocycles. The van der Waals surface area contributed by atoms with Gasteiger partial charge in [0.25, 0.3) is 5.56 Å². The number of aryl methyl sites for hydroxylation is 1. The zero-order valence-electron chi connectivity index (χ0n) is 19.3. The Morgan fingerprint density at radius 2 is 2.18 bits per heavy atom. The number of benzene rings is 1. The zero-order chi connectivity index (χ0) is 23.8. The minimum atomic E-state index is -0.466. The lowest BCUT2D eigenvalue weighted by Crippen LogP contribution is -2.12. The van der Waals surface area contributed by atoms with Gasteiger partial charge in [0.05, 0.1) is 34.2 Å². The second kappa shape index (κ2) is 9.34. The second-order valence-electron chi connectivity index (χ2n) is 8.47. The van der Waals surface area contributed by atoms with Crippen LogP contribution in [-0.2, 0) is 30.4 Å². The maximum atomic E-state index is 12.5. The van der Waals surface area contributed by atoms with E-state index in [4.69, 9.17) is 4.74 Å². The molecular weight excluding hydrogens is 470 g/mol. The van der Waals surface area contributed by atoms with E-state index in [-0.39, 0.29) is 5.56 Å². The van der Waals surface area contributed by atoms with Crippen LogP contribution in [0.2, 0.25) is 0 Å². The van der Waals surface area contributed by atoms with Crippen molar-refractivity contribution in [2.75, 3.05) is 7.11 Å². The first-order valence-corrected chi connectivity index (χ1v) is 13.0. The van der Waals surface area contributed by atoms with Crippen molar-refractivity contribution in [3.63, 3.8) is 0 Å². The molecule has 1 aliphatic rings. The summed E-state index contributed by atoms with van der Waals surface area (Å²) < 4.78 is 6.76. The fraction of sp³-hybridized carbons (Fsp3) is 0.375. The predicted molar refractivity (Wildman–Crippen MR) is 133 cm³/mol. The molecule has 1 atom stereocenters. The lowest BCUT2D eigenvalue weighted by molar-refractivity contribution is 0.0601. The molecule has 4 aromatic rings. The number of fused-ring (bicyclic) bond motifs is 2. The number of hydrogen-bond acceptors (Lipinski definition) is 8. The number of carbonyl (C=O) groups is 1. The Balaban J connectivity index is 1.36. The van der Waals surface area contributed by atoms with E-state index in [0.29, 0.717) is 28.0 Å². The van der Waals surface area contributed by atoms with Crippen molar-refractivity contribution in [3.05, 3.63) is 56.4 Å². The normalized spacial score (nSPS) is 15.4. The molecule has 0 spiro atoms. The molecular formula is C24H25N5O3S2. The van der Waals surface area contributed by atoms with Crippen molar-refractivity contribution in [1.82, 2.24) is 24.7 Å². The highest BCUT2D eigenvalue weighted by molar-refractivity contribution is 7.98. The van der Waals surface area contributed by atoms with Gasteiger partial charge in [0.1, 0.15) is 5.82 Å². The number of thiophene rings is 1. The summed E-state index contributed by atoms with van der Waals surface area (Å²) in [5.74, 6) is 2.09. The van der Waals surface area contributed by atoms with Crippen LogP contribution >= 0.6 is 23.1 Å². The molecule has 0 bridgehead atoms. The number of hydrogen-bond donors (Lipinski definition) is 1. The van der Waals surface area contributed by atoms with Crippen molar-refractivity contribution < 1.29 is 9.53 Å². The number of methoxy groups -OCH3 is 1. The Bertz CT molecular complexity index is 1440. The fourth-order valence-electron chi connectivity index (χ4n) is 4.35. The number of esters is 1. The number of aromatic amines is 1. The van der Waals surface area contributed by atoms with E-state index in [1.807, 2.05) is 23.0 Å². The zero-order valence-corrected chi connectivity index (χ0v) is 20.9. The molecule has 34 heavy (non-hydrogen) atoms. The fourth-order valence-corrected chi connectivity index (χ4v) is 6.36. The maximum absolute atomic E-state index is 12.5. The SMILES string of the molecule is CCC1CCc2sc(-c3nnc(SCc4nc5cc(C(=O)OC)ccc5c(=O)[nH]4)n3C)cc2C1. The van der Waals surface area contributed by atoms with Crippen LogP contribution in [0.25, 0.3) is 21.6 Å². The van der Waals surface area contributed by atoms with Crippen LogP contribution in [0.3, 0.4) is 0 Å². The molecule has 1 aliphatic carbocycles. The van der Waals surface area contributed by atoms with Crippen LogP contribution in [0.4, 0.5) is 0 Å². The lowest BCUT2D eigenvalue weighted by atomic mass is 9.87. The molecule has 3 heterocycles. The number of rotatable bonds is 6. The van der Waals surface area contributed by atoms with E-state index in [9.17, 15) is 9.59 Å². The summed E-state index contributed by atoms with van der Waals surface area (Å²) in [6.07, 6.45) is 4.79. The molecule has 0 saturated carbocycles. The van der Waals surface area contributed by atoms with Gasteiger partial charge in [0.15, 0.2) is 11.0 Å². The minimum absolute atomic E-state index is 0.245. The van der Waals surface area contributed by atoms with Gasteiger partial charge in [-0.25, -0.2) is 9.78 Å². The van der Waals surface area contributed by atoms with Crippen LogP contribution in [0.5, 0.6) is 0 Å². The van der Waals surface area contributed by atoms with Crippen LogP contribution in [0, 0.1) is 5.92 Å². The third-order valence-corrected chi connectivity index (χ3v) is 8.60. The van der Waals surface area contributed by atoms with Gasteiger partial charge in [-0.3, -0.25) is 4.79 Å². The Morgan fingerprint density at radius 3 is 2.97 bits per heavy atom. The average molecular weight is 496 g/mol. The van der Waals surface area contributed by atoms with Gasteiger partial charge < -0.3 is 14.3 Å². The Hall–Kier alpha value is -2.98. The molecule has 0 amide bonds. The predicted octanol–water partition coefficient (Wildman–Crippen LogP) is 4.37. The van der Waals surface area contributed by atoms with E-state index >= 15 is 0 Å². The highest BCUT2D eigenvalue weighted by Gasteiger charge is 2.22. The first-order chi connectivity index (χ1) is 16.5. The van der Waals surface area contributed by atoms with Crippen LogP contribution < -0.4 is 5.56 Å². The number of ether oxygens (including phenoxy) is 1. The largest absolute Gasteiger partial charge is 0.465 e. The standard InChI is InChI=1S/C24H25N5O3S2/c1-4-13-5-8-18-15(9-13)11-19(34-18)21-27-28-24(29(21)2)33-12-20-25-17-10-14(23(31)32-3)6-7-16(17)22(30)26-20/h6-7,10-11,13H,4-5,8-9,12H2,1-3H3,(H,25,26,30). The van der Waals surface area contributed by atoms with Crippen LogP contribution in [0.1, 0.15) is 46.4 Å². The first kappa shape index (κ1) is 22.8. The molecule has 0 aliphatic heterocycles. The molecule has 10 heteroatoms. The van der Waals surface area contributed by atoms with Crippen molar-refractivity contribution in [3.8, 4) is 10.7 Å². The molecule has 8 nitrogen and oxygen atoms in total. The summed E-state index contributed by atoms with van der Waals surface area (Å²) in [6, 6.07) is 7.00. The highest BCUT2D eigenvalue weighted by Crippen LogP contribution is 2.38. The van der Waals surface area contributed by atoms with Crippen LogP contribution in [-0.4, -0.2) is 37.8 Å². The quantitative estimate of drug-likeness (QED) is 0.313. The van der Waals surface area contributed by atoms with Gasteiger partial charge in [0.2, 0.25) is 0 Å². The molecule has 1 aromatic carbocycles. The first-order valence-electron chi connectivity index (χ1n) is 11.2. The number of thioether (sulfide) groups is 1. The summed E-state index contributed by atoms with van der Waals surface area (Å²) in [5.41, 5.74) is 2.02. The molecule has 176 valence electrons. The summed E-state index contributed by atoms with van der Waals surface area (Å²) in [5, 5.41) is 10.0. The number of carbonyl (C=O) groups excluding carboxylic acids is 1. The van der Waals surface area contributed by atoms with E-state index in [2.05, 4.69) is 33.2 Å². The molecule has 1 N–H and O–H groups in total. The van der Waals surface area contributed by atoms with Crippen molar-refractivity contribution >= 4 is 40.0 Å². The van der Waals surface area contributed by atoms with E-state index in [1.54, 1.807) is 18.2 Å². The van der Waals surface area contributed by atoms with Crippen LogP contribution in [0.15, 0.2) is 34.2 Å². The summed E-state index contributed by atoms with van der Waals surface area (Å²) in [7, 11) is 3.28. The van der Waals surface area contributed by atoms with Gasteiger partial charge in [-0.05, 0) is 55.0 Å². The van der Waals surface area contributed by atoms with Crippen molar-refractivity contribution in [1.29, 1.82) is 0 Å². The lowest BCUT2D eigenvalue weighted by Gasteiger charge is -2.19. The molecule has 5 rings (SSSR count). The van der Waals surface area contributed by atoms with Crippen molar-refractivity contribution in [2.24, 2.45) is 13.0 Å². The third kappa shape index (κ3) is 4.27. The number of H-pyrrole nitrogens is 1. The summed E-state index contributed by atoms with van der Waals surface area (Å²) >= 11 is 3.28. The van der Waals surface area contributed by atoms with E-state index in [1.165, 1.54) is 42.2 Å². The number of nitrogens with one attached hydrogen (secondary N) is 1. The smallest absolute Gasteiger partial charge is 0.337 e. The van der Waals surface area contributed by atoms with E-state index in [0.717, 1.165) is 34.6 Å². The maximum Gasteiger partial charge on any atom is 0.337 e. The Kier molecular flexibility index (Phi) is 6.26. The molecule has 0 radical (unpaired) electrons. The topological polar surface area (TPSA) is 103 Å². The summed E-state index contributed by atoms with van der Waals surface area (Å²) in [4.78, 5) is 34.3. The summed E-state index contributed by atoms with van der Waals surface area (Å²) in [6.45, 7) is 2.27. The second-order valence-corrected chi connectivity index (χ2v) is 10.5. The van der Waals surface area contributed by atoms with E-state index < -0.39 is 5.97 Å². The van der Waals surface area contributed by atoms with Gasteiger partial charge in [-0.15, -0.1) is 21.5 Å². The van der Waals surface area contributed by atoms with Crippen molar-refractivity contribution in [2.45, 2.75) is 43.5 Å². The molecule has 3 aromatic heterocycles.